The van der Waals surface area contributed by atoms with Crippen LogP contribution in [0.25, 0.3) is 0 Å². The zero-order chi connectivity index (χ0) is 12.0. The second-order valence-electron chi connectivity index (χ2n) is 3.29. The van der Waals surface area contributed by atoms with Gasteiger partial charge >= 0.3 is 0 Å². The minimum absolute atomic E-state index is 0.0600. The van der Waals surface area contributed by atoms with Crippen molar-refractivity contribution in [1.82, 2.24) is 15.3 Å². The molecule has 0 radical (unpaired) electrons. The first kappa shape index (κ1) is 12.7. The molecule has 1 aromatic heterocycles. The number of rotatable bonds is 5. The minimum Gasteiger partial charge on any atom is -0.358 e. The SMILES string of the molecule is CCCN(CC(=O)NC)c1cncc(Cl)n1. The molecule has 1 aromatic rings. The van der Waals surface area contributed by atoms with Crippen LogP contribution >= 0.6 is 11.6 Å². The number of likely N-dealkylation sites (N-methyl/N-ethyl adjacent to an activating group) is 1. The average molecular weight is 243 g/mol. The van der Waals surface area contributed by atoms with Crippen LogP contribution < -0.4 is 10.2 Å². The van der Waals surface area contributed by atoms with Gasteiger partial charge in [0, 0.05) is 13.6 Å². The van der Waals surface area contributed by atoms with E-state index in [2.05, 4.69) is 15.3 Å². The van der Waals surface area contributed by atoms with Gasteiger partial charge in [0.15, 0.2) is 0 Å². The van der Waals surface area contributed by atoms with Crippen molar-refractivity contribution in [2.45, 2.75) is 13.3 Å². The van der Waals surface area contributed by atoms with Crippen LogP contribution in [0.3, 0.4) is 0 Å². The first-order valence-electron chi connectivity index (χ1n) is 5.10. The van der Waals surface area contributed by atoms with Crippen LogP contribution in [0, 0.1) is 0 Å². The highest BCUT2D eigenvalue weighted by atomic mass is 35.5. The number of nitrogens with one attached hydrogen (secondary N) is 1. The molecule has 0 saturated carbocycles. The Hall–Kier alpha value is -1.36. The molecule has 0 aliphatic rings. The van der Waals surface area contributed by atoms with E-state index < -0.39 is 0 Å². The molecule has 0 aliphatic heterocycles. The Kier molecular flexibility index (Phi) is 4.98. The summed E-state index contributed by atoms with van der Waals surface area (Å²) < 4.78 is 0. The summed E-state index contributed by atoms with van der Waals surface area (Å²) in [6.45, 7) is 3.04. The molecule has 0 spiro atoms. The van der Waals surface area contributed by atoms with Crippen LogP contribution in [0.15, 0.2) is 12.4 Å². The lowest BCUT2D eigenvalue weighted by molar-refractivity contribution is -0.119. The summed E-state index contributed by atoms with van der Waals surface area (Å²) in [5.74, 6) is 0.563. The zero-order valence-electron chi connectivity index (χ0n) is 9.40. The Balaban J connectivity index is 2.80. The number of hydrogen-bond acceptors (Lipinski definition) is 4. The first-order valence-corrected chi connectivity index (χ1v) is 5.48. The van der Waals surface area contributed by atoms with Gasteiger partial charge in [0.2, 0.25) is 5.91 Å². The summed E-state index contributed by atoms with van der Waals surface area (Å²) in [5, 5.41) is 2.91. The molecule has 1 N–H and O–H groups in total. The van der Waals surface area contributed by atoms with E-state index in [1.807, 2.05) is 11.8 Å². The van der Waals surface area contributed by atoms with Gasteiger partial charge in [0.25, 0.3) is 0 Å². The highest BCUT2D eigenvalue weighted by Crippen LogP contribution is 2.12. The number of carbonyl (C=O) groups is 1. The highest BCUT2D eigenvalue weighted by molar-refractivity contribution is 6.29. The van der Waals surface area contributed by atoms with Gasteiger partial charge in [0.1, 0.15) is 11.0 Å². The van der Waals surface area contributed by atoms with Crippen LogP contribution in [-0.4, -0.2) is 36.0 Å². The van der Waals surface area contributed by atoms with E-state index in [-0.39, 0.29) is 12.5 Å². The molecule has 88 valence electrons. The molecule has 16 heavy (non-hydrogen) atoms. The van der Waals surface area contributed by atoms with Crippen LogP contribution in [0.2, 0.25) is 5.15 Å². The molecule has 1 heterocycles. The number of amides is 1. The standard InChI is InChI=1S/C10H15ClN4O/c1-3-4-15(7-10(16)12-2)9-6-13-5-8(11)14-9/h5-6H,3-4,7H2,1-2H3,(H,12,16). The lowest BCUT2D eigenvalue weighted by Crippen LogP contribution is -2.36. The quantitative estimate of drug-likeness (QED) is 0.840. The number of anilines is 1. The number of nitrogens with zero attached hydrogens (tertiary/aromatic N) is 3. The van der Waals surface area contributed by atoms with Crippen molar-refractivity contribution in [3.05, 3.63) is 17.5 Å². The van der Waals surface area contributed by atoms with E-state index >= 15 is 0 Å². The Bertz CT molecular complexity index is 358. The lowest BCUT2D eigenvalue weighted by Gasteiger charge is -2.21. The topological polar surface area (TPSA) is 58.1 Å². The molecular weight excluding hydrogens is 228 g/mol. The van der Waals surface area contributed by atoms with Crippen molar-refractivity contribution in [3.63, 3.8) is 0 Å². The van der Waals surface area contributed by atoms with E-state index in [4.69, 9.17) is 11.6 Å². The van der Waals surface area contributed by atoms with Crippen molar-refractivity contribution in [2.24, 2.45) is 0 Å². The molecule has 0 unspecified atom stereocenters. The molecule has 0 atom stereocenters. The van der Waals surface area contributed by atoms with E-state index in [0.29, 0.717) is 11.0 Å². The Labute approximate surface area is 99.8 Å². The monoisotopic (exact) mass is 242 g/mol. The van der Waals surface area contributed by atoms with Crippen molar-refractivity contribution < 1.29 is 4.79 Å². The summed E-state index contributed by atoms with van der Waals surface area (Å²) in [7, 11) is 1.61. The smallest absolute Gasteiger partial charge is 0.239 e. The molecule has 6 heteroatoms. The lowest BCUT2D eigenvalue weighted by atomic mass is 10.4. The third kappa shape index (κ3) is 3.66. The van der Waals surface area contributed by atoms with Crippen molar-refractivity contribution in [2.75, 3.05) is 25.0 Å². The van der Waals surface area contributed by atoms with Crippen LogP contribution in [-0.2, 0) is 4.79 Å². The van der Waals surface area contributed by atoms with Crippen molar-refractivity contribution in [1.29, 1.82) is 0 Å². The molecule has 1 rings (SSSR count). The number of hydrogen-bond donors (Lipinski definition) is 1. The third-order valence-electron chi connectivity index (χ3n) is 2.02. The van der Waals surface area contributed by atoms with Crippen LogP contribution in [0.5, 0.6) is 0 Å². The van der Waals surface area contributed by atoms with Crippen LogP contribution in [0.4, 0.5) is 5.82 Å². The maximum Gasteiger partial charge on any atom is 0.239 e. The Morgan fingerprint density at radius 3 is 2.88 bits per heavy atom. The normalized spacial score (nSPS) is 9.94. The van der Waals surface area contributed by atoms with E-state index in [9.17, 15) is 4.79 Å². The molecule has 0 fully saturated rings. The summed E-state index contributed by atoms with van der Waals surface area (Å²) in [5.41, 5.74) is 0. The summed E-state index contributed by atoms with van der Waals surface area (Å²) in [6.07, 6.45) is 3.99. The van der Waals surface area contributed by atoms with Gasteiger partial charge in [-0.25, -0.2) is 4.98 Å². The van der Waals surface area contributed by atoms with Gasteiger partial charge in [-0.05, 0) is 6.42 Å². The zero-order valence-corrected chi connectivity index (χ0v) is 10.2. The fourth-order valence-corrected chi connectivity index (χ4v) is 1.42. The third-order valence-corrected chi connectivity index (χ3v) is 2.21. The van der Waals surface area contributed by atoms with Gasteiger partial charge in [-0.1, -0.05) is 18.5 Å². The number of aromatic nitrogens is 2. The van der Waals surface area contributed by atoms with Crippen LogP contribution in [0.1, 0.15) is 13.3 Å². The number of halogens is 1. The predicted octanol–water partition coefficient (Wildman–Crippen LogP) is 1.09. The molecule has 0 aliphatic carbocycles. The number of carbonyl (C=O) groups excluding carboxylic acids is 1. The summed E-state index contributed by atoms with van der Waals surface area (Å²) in [6, 6.07) is 0. The fourth-order valence-electron chi connectivity index (χ4n) is 1.28. The summed E-state index contributed by atoms with van der Waals surface area (Å²) in [4.78, 5) is 21.2. The summed E-state index contributed by atoms with van der Waals surface area (Å²) >= 11 is 5.76. The first-order chi connectivity index (χ1) is 7.67. The van der Waals surface area contributed by atoms with E-state index in [1.165, 1.54) is 6.20 Å². The maximum absolute atomic E-state index is 11.3. The molecule has 0 aromatic carbocycles. The van der Waals surface area contributed by atoms with E-state index in [0.717, 1.165) is 13.0 Å². The molecule has 0 bridgehead atoms. The molecule has 1 amide bonds. The second kappa shape index (κ2) is 6.27. The van der Waals surface area contributed by atoms with Crippen molar-refractivity contribution in [3.8, 4) is 0 Å². The predicted molar refractivity (Wildman–Crippen MR) is 63.6 cm³/mol. The molecule has 0 saturated heterocycles. The van der Waals surface area contributed by atoms with Gasteiger partial charge in [-0.15, -0.1) is 0 Å². The second-order valence-corrected chi connectivity index (χ2v) is 3.68. The molecule has 5 nitrogen and oxygen atoms in total. The highest BCUT2D eigenvalue weighted by Gasteiger charge is 2.11. The van der Waals surface area contributed by atoms with Gasteiger partial charge in [-0.2, -0.15) is 0 Å². The maximum atomic E-state index is 11.3. The fraction of sp³-hybridized carbons (Fsp3) is 0.500. The Morgan fingerprint density at radius 2 is 2.31 bits per heavy atom. The van der Waals surface area contributed by atoms with Crippen molar-refractivity contribution >= 4 is 23.3 Å². The molecular formula is C10H15ClN4O. The minimum atomic E-state index is -0.0600. The largest absolute Gasteiger partial charge is 0.358 e. The Morgan fingerprint density at radius 1 is 1.56 bits per heavy atom. The van der Waals surface area contributed by atoms with Gasteiger partial charge < -0.3 is 10.2 Å². The van der Waals surface area contributed by atoms with E-state index in [1.54, 1.807) is 13.2 Å². The van der Waals surface area contributed by atoms with Gasteiger partial charge in [-0.3, -0.25) is 9.78 Å². The van der Waals surface area contributed by atoms with Gasteiger partial charge in [0.05, 0.1) is 18.9 Å². The average Bonchev–Trinajstić information content (AvgIpc) is 2.28.